The fourth-order valence-corrected chi connectivity index (χ4v) is 1.65. The highest BCUT2D eigenvalue weighted by Gasteiger charge is 2.09. The van der Waals surface area contributed by atoms with Gasteiger partial charge in [-0.05, 0) is 18.1 Å². The van der Waals surface area contributed by atoms with Crippen molar-refractivity contribution in [1.82, 2.24) is 10.2 Å². The predicted molar refractivity (Wildman–Crippen MR) is 82.6 cm³/mol. The third-order valence-electron chi connectivity index (χ3n) is 2.82. The molecule has 2 amide bonds. The molecule has 1 rings (SSSR count). The molecule has 21 heavy (non-hydrogen) atoms. The molecule has 0 atom stereocenters. The van der Waals surface area contributed by atoms with Gasteiger partial charge < -0.3 is 15.0 Å². The minimum absolute atomic E-state index is 0.0466. The summed E-state index contributed by atoms with van der Waals surface area (Å²) in [6.07, 6.45) is 3.96. The van der Waals surface area contributed by atoms with Crippen LogP contribution in [0.15, 0.2) is 36.4 Å². The summed E-state index contributed by atoms with van der Waals surface area (Å²) in [7, 11) is 3.22. The molecule has 0 heterocycles. The van der Waals surface area contributed by atoms with Crippen molar-refractivity contribution in [3.63, 3.8) is 0 Å². The summed E-state index contributed by atoms with van der Waals surface area (Å²) in [5, 5.41) is 2.74. The third kappa shape index (κ3) is 7.27. The standard InChI is InChI=1S/C16H22N2O3/c1-18(13-15(19)17-11-6-12-21-2)16(20)10-9-14-7-4-3-5-8-14/h3-5,7-10H,6,11-13H2,1-2H3,(H,17,19). The van der Waals surface area contributed by atoms with Crippen molar-refractivity contribution >= 4 is 17.9 Å². The van der Waals surface area contributed by atoms with E-state index in [4.69, 9.17) is 4.74 Å². The number of likely N-dealkylation sites (N-methyl/N-ethyl adjacent to an activating group) is 1. The summed E-state index contributed by atoms with van der Waals surface area (Å²) in [6, 6.07) is 9.54. The van der Waals surface area contributed by atoms with Crippen LogP contribution < -0.4 is 5.32 Å². The minimum atomic E-state index is -0.203. The second-order valence-corrected chi connectivity index (χ2v) is 4.63. The quantitative estimate of drug-likeness (QED) is 0.580. The first-order valence-electron chi connectivity index (χ1n) is 6.87. The van der Waals surface area contributed by atoms with E-state index in [9.17, 15) is 9.59 Å². The number of amides is 2. The number of ether oxygens (including phenoxy) is 1. The zero-order valence-electron chi connectivity index (χ0n) is 12.5. The molecule has 0 aliphatic carbocycles. The van der Waals surface area contributed by atoms with E-state index in [1.165, 1.54) is 11.0 Å². The van der Waals surface area contributed by atoms with E-state index in [1.807, 2.05) is 30.3 Å². The molecule has 0 radical (unpaired) electrons. The Kier molecular flexibility index (Phi) is 7.82. The summed E-state index contributed by atoms with van der Waals surface area (Å²) in [5.41, 5.74) is 0.947. The van der Waals surface area contributed by atoms with Crippen LogP contribution in [-0.2, 0) is 14.3 Å². The first-order chi connectivity index (χ1) is 10.1. The second kappa shape index (κ2) is 9.72. The molecule has 1 aromatic rings. The fourth-order valence-electron chi connectivity index (χ4n) is 1.65. The Morgan fingerprint density at radius 1 is 1.29 bits per heavy atom. The predicted octanol–water partition coefficient (Wildman–Crippen LogP) is 1.31. The van der Waals surface area contributed by atoms with Crippen LogP contribution in [0, 0.1) is 0 Å². The van der Waals surface area contributed by atoms with E-state index >= 15 is 0 Å². The van der Waals surface area contributed by atoms with Crippen molar-refractivity contribution in [3.8, 4) is 0 Å². The van der Waals surface area contributed by atoms with Crippen LogP contribution in [-0.4, -0.2) is 50.6 Å². The number of nitrogens with one attached hydrogen (secondary N) is 1. The van der Waals surface area contributed by atoms with Crippen LogP contribution in [0.4, 0.5) is 0 Å². The third-order valence-corrected chi connectivity index (χ3v) is 2.82. The Morgan fingerprint density at radius 2 is 2.00 bits per heavy atom. The number of nitrogens with zero attached hydrogens (tertiary/aromatic N) is 1. The van der Waals surface area contributed by atoms with Crippen molar-refractivity contribution in [1.29, 1.82) is 0 Å². The summed E-state index contributed by atoms with van der Waals surface area (Å²) in [5.74, 6) is -0.374. The first kappa shape index (κ1) is 16.9. The zero-order chi connectivity index (χ0) is 15.5. The average Bonchev–Trinajstić information content (AvgIpc) is 2.50. The lowest BCUT2D eigenvalue weighted by atomic mass is 10.2. The molecule has 0 unspecified atom stereocenters. The highest BCUT2D eigenvalue weighted by molar-refractivity contribution is 5.94. The zero-order valence-corrected chi connectivity index (χ0v) is 12.5. The monoisotopic (exact) mass is 290 g/mol. The van der Waals surface area contributed by atoms with Gasteiger partial charge in [0, 0.05) is 33.4 Å². The number of carbonyl (C=O) groups is 2. The van der Waals surface area contributed by atoms with Gasteiger partial charge in [0.15, 0.2) is 0 Å². The Labute approximate surface area is 125 Å². The molecule has 0 aromatic heterocycles. The maximum Gasteiger partial charge on any atom is 0.246 e. The molecular formula is C16H22N2O3. The average molecular weight is 290 g/mol. The lowest BCUT2D eigenvalue weighted by Gasteiger charge is -2.14. The lowest BCUT2D eigenvalue weighted by molar-refractivity contribution is -0.131. The molecular weight excluding hydrogens is 268 g/mol. The molecule has 5 nitrogen and oxygen atoms in total. The van der Waals surface area contributed by atoms with Gasteiger partial charge in [-0.15, -0.1) is 0 Å². The van der Waals surface area contributed by atoms with Crippen molar-refractivity contribution in [2.24, 2.45) is 0 Å². The van der Waals surface area contributed by atoms with Crippen LogP contribution in [0.3, 0.4) is 0 Å². The molecule has 114 valence electrons. The van der Waals surface area contributed by atoms with Crippen molar-refractivity contribution < 1.29 is 14.3 Å². The van der Waals surface area contributed by atoms with Crippen molar-refractivity contribution in [2.45, 2.75) is 6.42 Å². The Morgan fingerprint density at radius 3 is 2.67 bits per heavy atom. The maximum absolute atomic E-state index is 11.9. The number of carbonyl (C=O) groups excluding carboxylic acids is 2. The Bertz CT molecular complexity index is 472. The van der Waals surface area contributed by atoms with E-state index in [0.29, 0.717) is 13.2 Å². The van der Waals surface area contributed by atoms with Gasteiger partial charge in [0.05, 0.1) is 6.54 Å². The molecule has 0 aliphatic heterocycles. The van der Waals surface area contributed by atoms with Gasteiger partial charge in [-0.2, -0.15) is 0 Å². The van der Waals surface area contributed by atoms with Gasteiger partial charge in [-0.3, -0.25) is 9.59 Å². The van der Waals surface area contributed by atoms with Crippen LogP contribution in [0.1, 0.15) is 12.0 Å². The highest BCUT2D eigenvalue weighted by Crippen LogP contribution is 2.01. The van der Waals surface area contributed by atoms with E-state index in [0.717, 1.165) is 12.0 Å². The second-order valence-electron chi connectivity index (χ2n) is 4.63. The van der Waals surface area contributed by atoms with Crippen LogP contribution in [0.25, 0.3) is 6.08 Å². The van der Waals surface area contributed by atoms with E-state index in [-0.39, 0.29) is 18.4 Å². The summed E-state index contributed by atoms with van der Waals surface area (Å²) < 4.78 is 4.89. The van der Waals surface area contributed by atoms with Crippen LogP contribution in [0.2, 0.25) is 0 Å². The molecule has 0 saturated carbocycles. The Hall–Kier alpha value is -2.14. The van der Waals surface area contributed by atoms with Gasteiger partial charge in [0.2, 0.25) is 11.8 Å². The van der Waals surface area contributed by atoms with E-state index in [1.54, 1.807) is 20.2 Å². The van der Waals surface area contributed by atoms with E-state index < -0.39 is 0 Å². The minimum Gasteiger partial charge on any atom is -0.385 e. The molecule has 0 aliphatic rings. The Balaban J connectivity index is 2.33. The van der Waals surface area contributed by atoms with Gasteiger partial charge in [0.1, 0.15) is 0 Å². The maximum atomic E-state index is 11.9. The summed E-state index contributed by atoms with van der Waals surface area (Å²) in [6.45, 7) is 1.20. The largest absolute Gasteiger partial charge is 0.385 e. The number of benzene rings is 1. The SMILES string of the molecule is COCCCNC(=O)CN(C)C(=O)C=Cc1ccccc1. The highest BCUT2D eigenvalue weighted by atomic mass is 16.5. The molecule has 0 saturated heterocycles. The molecule has 1 N–H and O–H groups in total. The van der Waals surface area contributed by atoms with Crippen LogP contribution in [0.5, 0.6) is 0 Å². The topological polar surface area (TPSA) is 58.6 Å². The molecule has 0 fully saturated rings. The number of rotatable bonds is 8. The van der Waals surface area contributed by atoms with Crippen molar-refractivity contribution in [2.75, 3.05) is 33.9 Å². The van der Waals surface area contributed by atoms with Gasteiger partial charge >= 0.3 is 0 Å². The lowest BCUT2D eigenvalue weighted by Crippen LogP contribution is -2.38. The van der Waals surface area contributed by atoms with E-state index in [2.05, 4.69) is 5.32 Å². The van der Waals surface area contributed by atoms with Crippen LogP contribution >= 0.6 is 0 Å². The normalized spacial score (nSPS) is 10.6. The number of hydrogen-bond acceptors (Lipinski definition) is 3. The molecule has 5 heteroatoms. The smallest absolute Gasteiger partial charge is 0.246 e. The number of methoxy groups -OCH3 is 1. The summed E-state index contributed by atoms with van der Waals surface area (Å²) in [4.78, 5) is 24.9. The molecule has 0 bridgehead atoms. The van der Waals surface area contributed by atoms with Crippen molar-refractivity contribution in [3.05, 3.63) is 42.0 Å². The fraction of sp³-hybridized carbons (Fsp3) is 0.375. The number of hydrogen-bond donors (Lipinski definition) is 1. The molecule has 0 spiro atoms. The van der Waals surface area contributed by atoms with Gasteiger partial charge in [-0.25, -0.2) is 0 Å². The summed E-state index contributed by atoms with van der Waals surface area (Å²) >= 11 is 0. The first-order valence-corrected chi connectivity index (χ1v) is 6.87. The molecule has 1 aromatic carbocycles. The van der Waals surface area contributed by atoms with Gasteiger partial charge in [0.25, 0.3) is 0 Å². The van der Waals surface area contributed by atoms with Gasteiger partial charge in [-0.1, -0.05) is 30.3 Å².